The number of aliphatic hydroxyl groups excluding tert-OH is 1. The van der Waals surface area contributed by atoms with E-state index in [1.165, 1.54) is 12.1 Å². The summed E-state index contributed by atoms with van der Waals surface area (Å²) < 4.78 is 24.3. The third-order valence-electron chi connectivity index (χ3n) is 4.58. The fourth-order valence-corrected chi connectivity index (χ4v) is 3.04. The summed E-state index contributed by atoms with van der Waals surface area (Å²) >= 11 is 5.69. The number of aliphatic imine (C=N–C) groups is 1. The molecule has 1 saturated heterocycles. The van der Waals surface area contributed by atoms with Crippen molar-refractivity contribution < 1.29 is 18.7 Å². The van der Waals surface area contributed by atoms with Crippen LogP contribution in [-0.2, 0) is 11.2 Å². The predicted octanol–water partition coefficient (Wildman–Crippen LogP) is 3.54. The van der Waals surface area contributed by atoms with Crippen LogP contribution >= 0.6 is 35.6 Å². The van der Waals surface area contributed by atoms with Crippen molar-refractivity contribution in [3.05, 3.63) is 58.8 Å². The number of nitrogens with one attached hydrogen (secondary N) is 2. The van der Waals surface area contributed by atoms with E-state index in [-0.39, 0.29) is 35.5 Å². The molecule has 2 aromatic rings. The molecule has 160 valence electrons. The van der Waals surface area contributed by atoms with Gasteiger partial charge in [-0.15, -0.1) is 24.0 Å². The smallest absolute Gasteiger partial charge is 0.191 e. The van der Waals surface area contributed by atoms with Gasteiger partial charge in [0.15, 0.2) is 5.96 Å². The first-order chi connectivity index (χ1) is 13.6. The van der Waals surface area contributed by atoms with Crippen molar-refractivity contribution >= 4 is 41.5 Å². The van der Waals surface area contributed by atoms with Crippen LogP contribution in [-0.4, -0.2) is 43.9 Å². The Morgan fingerprint density at radius 3 is 2.90 bits per heavy atom. The van der Waals surface area contributed by atoms with Crippen LogP contribution in [0.25, 0.3) is 0 Å². The van der Waals surface area contributed by atoms with Crippen LogP contribution in [0.4, 0.5) is 4.39 Å². The van der Waals surface area contributed by atoms with Gasteiger partial charge in [-0.2, -0.15) is 0 Å². The van der Waals surface area contributed by atoms with Crippen LogP contribution in [0.2, 0.25) is 5.02 Å². The summed E-state index contributed by atoms with van der Waals surface area (Å²) in [7, 11) is 0. The molecule has 1 aliphatic rings. The normalized spacial score (nSPS) is 17.6. The highest BCUT2D eigenvalue weighted by molar-refractivity contribution is 14.0. The molecule has 0 amide bonds. The lowest BCUT2D eigenvalue weighted by Crippen LogP contribution is -2.41. The molecule has 2 unspecified atom stereocenters. The summed E-state index contributed by atoms with van der Waals surface area (Å²) in [5, 5.41) is 16.9. The van der Waals surface area contributed by atoms with Crippen LogP contribution in [0.5, 0.6) is 0 Å². The van der Waals surface area contributed by atoms with E-state index in [2.05, 4.69) is 15.6 Å². The quantitative estimate of drug-likeness (QED) is 0.273. The average Bonchev–Trinajstić information content (AvgIpc) is 3.39. The minimum Gasteiger partial charge on any atom is -0.469 e. The lowest BCUT2D eigenvalue weighted by Gasteiger charge is -2.16. The van der Waals surface area contributed by atoms with Gasteiger partial charge in [-0.3, -0.25) is 4.99 Å². The third kappa shape index (κ3) is 7.76. The molecular weight excluding hydrogens is 512 g/mol. The lowest BCUT2D eigenvalue weighted by molar-refractivity contribution is 0.185. The van der Waals surface area contributed by atoms with Gasteiger partial charge in [-0.1, -0.05) is 17.7 Å². The number of aliphatic hydroxyl groups is 1. The highest BCUT2D eigenvalue weighted by Gasteiger charge is 2.16. The van der Waals surface area contributed by atoms with E-state index in [4.69, 9.17) is 20.8 Å². The van der Waals surface area contributed by atoms with Gasteiger partial charge in [0.25, 0.3) is 0 Å². The molecule has 29 heavy (non-hydrogen) atoms. The van der Waals surface area contributed by atoms with Crippen LogP contribution in [0.1, 0.15) is 23.8 Å². The molecule has 0 saturated carbocycles. The Bertz CT molecular complexity index is 770. The highest BCUT2D eigenvalue weighted by atomic mass is 127. The van der Waals surface area contributed by atoms with Crippen LogP contribution in [0.15, 0.2) is 46.0 Å². The molecule has 9 heteroatoms. The van der Waals surface area contributed by atoms with E-state index in [9.17, 15) is 9.50 Å². The molecule has 1 aromatic heterocycles. The number of halogens is 3. The minimum atomic E-state index is -0.926. The number of nitrogens with zero attached hydrogens (tertiary/aromatic N) is 1. The zero-order valence-corrected chi connectivity index (χ0v) is 19.0. The second-order valence-electron chi connectivity index (χ2n) is 6.75. The van der Waals surface area contributed by atoms with Gasteiger partial charge in [0, 0.05) is 32.0 Å². The van der Waals surface area contributed by atoms with E-state index in [0.717, 1.165) is 31.9 Å². The Morgan fingerprint density at radius 2 is 2.21 bits per heavy atom. The van der Waals surface area contributed by atoms with Crippen molar-refractivity contribution in [2.24, 2.45) is 10.9 Å². The molecular formula is C20H26ClFIN3O3. The predicted molar refractivity (Wildman–Crippen MR) is 121 cm³/mol. The topological polar surface area (TPSA) is 79.0 Å². The maximum Gasteiger partial charge on any atom is 0.191 e. The van der Waals surface area contributed by atoms with Crippen molar-refractivity contribution in [2.45, 2.75) is 18.9 Å². The Kier molecular flexibility index (Phi) is 10.2. The van der Waals surface area contributed by atoms with Crippen molar-refractivity contribution in [3.63, 3.8) is 0 Å². The van der Waals surface area contributed by atoms with Gasteiger partial charge < -0.3 is 24.9 Å². The Hall–Kier alpha value is -1.36. The first kappa shape index (κ1) is 23.9. The zero-order valence-electron chi connectivity index (χ0n) is 15.9. The second-order valence-corrected chi connectivity index (χ2v) is 7.15. The van der Waals surface area contributed by atoms with Gasteiger partial charge in [0.2, 0.25) is 0 Å². The number of hydrogen-bond donors (Lipinski definition) is 3. The molecule has 2 atom stereocenters. The first-order valence-corrected chi connectivity index (χ1v) is 9.75. The minimum absolute atomic E-state index is 0. The van der Waals surface area contributed by atoms with E-state index in [1.807, 2.05) is 12.1 Å². The van der Waals surface area contributed by atoms with E-state index >= 15 is 0 Å². The molecule has 3 rings (SSSR count). The number of benzene rings is 1. The molecule has 6 nitrogen and oxygen atoms in total. The van der Waals surface area contributed by atoms with Gasteiger partial charge in [-0.25, -0.2) is 4.39 Å². The second kappa shape index (κ2) is 12.4. The summed E-state index contributed by atoms with van der Waals surface area (Å²) in [6, 6.07) is 8.03. The molecule has 0 aliphatic carbocycles. The summed E-state index contributed by atoms with van der Waals surface area (Å²) in [6.07, 6.45) is 2.44. The summed E-state index contributed by atoms with van der Waals surface area (Å²) in [6.45, 7) is 2.98. The maximum atomic E-state index is 13.6. The molecule has 2 heterocycles. The van der Waals surface area contributed by atoms with Gasteiger partial charge in [0.1, 0.15) is 11.6 Å². The SMILES string of the molecule is I.OC(CN=C(NCCc1ccco1)NCC1CCOC1)c1ccc(Cl)c(F)c1. The molecule has 1 fully saturated rings. The van der Waals surface area contributed by atoms with E-state index < -0.39 is 11.9 Å². The molecule has 3 N–H and O–H groups in total. The molecule has 0 spiro atoms. The lowest BCUT2D eigenvalue weighted by atomic mass is 10.1. The number of furan rings is 1. The van der Waals surface area contributed by atoms with Gasteiger partial charge >= 0.3 is 0 Å². The third-order valence-corrected chi connectivity index (χ3v) is 4.88. The summed E-state index contributed by atoms with van der Waals surface area (Å²) in [5.41, 5.74) is 0.435. The molecule has 0 radical (unpaired) electrons. The fraction of sp³-hybridized carbons (Fsp3) is 0.450. The maximum absolute atomic E-state index is 13.6. The summed E-state index contributed by atoms with van der Waals surface area (Å²) in [4.78, 5) is 4.45. The Balaban J connectivity index is 0.00000300. The number of ether oxygens (including phenoxy) is 1. The van der Waals surface area contributed by atoms with Gasteiger partial charge in [0.05, 0.1) is 30.5 Å². The average molecular weight is 538 g/mol. The number of rotatable bonds is 8. The van der Waals surface area contributed by atoms with Crippen LogP contribution in [0.3, 0.4) is 0 Å². The van der Waals surface area contributed by atoms with E-state index in [0.29, 0.717) is 30.4 Å². The monoisotopic (exact) mass is 537 g/mol. The van der Waals surface area contributed by atoms with Gasteiger partial charge in [-0.05, 0) is 36.2 Å². The number of guanidine groups is 1. The molecule has 1 aliphatic heterocycles. The van der Waals surface area contributed by atoms with Crippen molar-refractivity contribution in [1.29, 1.82) is 0 Å². The van der Waals surface area contributed by atoms with Crippen LogP contribution in [0, 0.1) is 11.7 Å². The Morgan fingerprint density at radius 1 is 1.34 bits per heavy atom. The summed E-state index contributed by atoms with van der Waals surface area (Å²) in [5.74, 6) is 1.35. The highest BCUT2D eigenvalue weighted by Crippen LogP contribution is 2.20. The first-order valence-electron chi connectivity index (χ1n) is 9.37. The zero-order chi connectivity index (χ0) is 19.8. The van der Waals surface area contributed by atoms with Crippen molar-refractivity contribution in [1.82, 2.24) is 10.6 Å². The largest absolute Gasteiger partial charge is 0.469 e. The molecule has 0 bridgehead atoms. The van der Waals surface area contributed by atoms with Crippen molar-refractivity contribution in [2.75, 3.05) is 32.8 Å². The molecule has 1 aromatic carbocycles. The standard InChI is InChI=1S/C20H25ClFN3O3.HI/c21-17-4-3-15(10-18(17)22)19(26)12-25-20(24-11-14-6-9-27-13-14)23-7-5-16-2-1-8-28-16;/h1-4,8,10,14,19,26H,5-7,9,11-13H2,(H2,23,24,25);1H. The Labute approximate surface area is 191 Å². The van der Waals surface area contributed by atoms with Crippen molar-refractivity contribution in [3.8, 4) is 0 Å². The number of hydrogen-bond acceptors (Lipinski definition) is 4. The van der Waals surface area contributed by atoms with E-state index in [1.54, 1.807) is 12.3 Å². The van der Waals surface area contributed by atoms with Crippen LogP contribution < -0.4 is 10.6 Å². The fourth-order valence-electron chi connectivity index (χ4n) is 2.92.